The van der Waals surface area contributed by atoms with E-state index in [-0.39, 0.29) is 0 Å². The van der Waals surface area contributed by atoms with Gasteiger partial charge in [0.05, 0.1) is 0 Å². The summed E-state index contributed by atoms with van der Waals surface area (Å²) in [6, 6.07) is 10.7. The van der Waals surface area contributed by atoms with Crippen LogP contribution in [0.1, 0.15) is 35.0 Å². The van der Waals surface area contributed by atoms with E-state index in [0.717, 1.165) is 37.2 Å². The van der Waals surface area contributed by atoms with Gasteiger partial charge < -0.3 is 5.73 Å². The predicted molar refractivity (Wildman–Crippen MR) is 76.0 cm³/mol. The van der Waals surface area contributed by atoms with Crippen molar-refractivity contribution in [3.63, 3.8) is 0 Å². The lowest BCUT2D eigenvalue weighted by atomic mass is 9.83. The maximum Gasteiger partial charge on any atom is 0.131 e. The minimum atomic E-state index is 0.452. The monoisotopic (exact) mass is 253 g/mol. The quantitative estimate of drug-likeness (QED) is 0.912. The molecule has 3 rings (SSSR count). The van der Waals surface area contributed by atoms with Crippen LogP contribution in [0, 0.1) is 0 Å². The molecule has 0 radical (unpaired) electrons. The predicted octanol–water partition coefficient (Wildman–Crippen LogP) is 2.25. The third kappa shape index (κ3) is 2.66. The Balaban J connectivity index is 1.82. The van der Waals surface area contributed by atoms with Crippen LogP contribution in [0.4, 0.5) is 0 Å². The van der Waals surface area contributed by atoms with E-state index in [4.69, 9.17) is 5.73 Å². The van der Waals surface area contributed by atoms with E-state index in [1.807, 2.05) is 12.3 Å². The molecule has 19 heavy (non-hydrogen) atoms. The number of nitrogens with two attached hydrogens (primary N) is 1. The van der Waals surface area contributed by atoms with Crippen LogP contribution in [-0.2, 0) is 19.3 Å². The first-order valence-corrected chi connectivity index (χ1v) is 6.95. The molecule has 0 fully saturated rings. The molecule has 1 aliphatic carbocycles. The van der Waals surface area contributed by atoms with Crippen LogP contribution in [0.15, 0.2) is 36.5 Å². The van der Waals surface area contributed by atoms with Gasteiger partial charge in [-0.05, 0) is 43.0 Å². The van der Waals surface area contributed by atoms with Gasteiger partial charge in [0.15, 0.2) is 0 Å². The standard InChI is InChI=1S/C16H19N3/c17-9-7-15-8-10-18-16(19-15)14-6-5-12-3-1-2-4-13(12)11-14/h1-4,8,10,14H,5-7,9,11,17H2. The molecule has 0 saturated heterocycles. The number of aryl methyl sites for hydroxylation is 1. The van der Waals surface area contributed by atoms with Crippen LogP contribution in [-0.4, -0.2) is 16.5 Å². The Morgan fingerprint density at radius 2 is 2.00 bits per heavy atom. The molecule has 3 nitrogen and oxygen atoms in total. The van der Waals surface area contributed by atoms with Gasteiger partial charge in [-0.3, -0.25) is 0 Å². The van der Waals surface area contributed by atoms with Crippen molar-refractivity contribution in [3.8, 4) is 0 Å². The first-order chi connectivity index (χ1) is 9.36. The molecule has 1 aromatic carbocycles. The molecule has 3 heteroatoms. The maximum absolute atomic E-state index is 5.59. The normalized spacial score (nSPS) is 18.1. The van der Waals surface area contributed by atoms with Gasteiger partial charge in [-0.15, -0.1) is 0 Å². The fourth-order valence-corrected chi connectivity index (χ4v) is 2.81. The maximum atomic E-state index is 5.59. The highest BCUT2D eigenvalue weighted by molar-refractivity contribution is 5.31. The molecule has 1 aliphatic rings. The van der Waals surface area contributed by atoms with E-state index in [9.17, 15) is 0 Å². The molecule has 0 spiro atoms. The van der Waals surface area contributed by atoms with Gasteiger partial charge in [0, 0.05) is 24.2 Å². The molecule has 98 valence electrons. The van der Waals surface area contributed by atoms with E-state index < -0.39 is 0 Å². The Hall–Kier alpha value is -1.74. The van der Waals surface area contributed by atoms with Crippen molar-refractivity contribution in [3.05, 3.63) is 59.2 Å². The minimum absolute atomic E-state index is 0.452. The molecular formula is C16H19N3. The molecule has 1 heterocycles. The lowest BCUT2D eigenvalue weighted by molar-refractivity contribution is 0.552. The van der Waals surface area contributed by atoms with Gasteiger partial charge in [0.25, 0.3) is 0 Å². The molecule has 1 unspecified atom stereocenters. The zero-order valence-electron chi connectivity index (χ0n) is 11.0. The second-order valence-corrected chi connectivity index (χ2v) is 5.15. The summed E-state index contributed by atoms with van der Waals surface area (Å²) in [5, 5.41) is 0. The topological polar surface area (TPSA) is 51.8 Å². The summed E-state index contributed by atoms with van der Waals surface area (Å²) in [6.07, 6.45) is 6.03. The van der Waals surface area contributed by atoms with Crippen LogP contribution in [0.25, 0.3) is 0 Å². The summed E-state index contributed by atoms with van der Waals surface area (Å²) in [7, 11) is 0. The number of aromatic nitrogens is 2. The van der Waals surface area contributed by atoms with Gasteiger partial charge >= 0.3 is 0 Å². The Morgan fingerprint density at radius 1 is 1.16 bits per heavy atom. The van der Waals surface area contributed by atoms with Crippen molar-refractivity contribution >= 4 is 0 Å². The number of rotatable bonds is 3. The minimum Gasteiger partial charge on any atom is -0.330 e. The molecule has 2 aromatic rings. The number of hydrogen-bond donors (Lipinski definition) is 1. The van der Waals surface area contributed by atoms with Gasteiger partial charge in [-0.2, -0.15) is 0 Å². The van der Waals surface area contributed by atoms with Gasteiger partial charge in [-0.25, -0.2) is 9.97 Å². The molecule has 0 saturated carbocycles. The SMILES string of the molecule is NCCc1ccnc(C2CCc3ccccc3C2)n1. The van der Waals surface area contributed by atoms with Gasteiger partial charge in [-0.1, -0.05) is 24.3 Å². The molecule has 1 aromatic heterocycles. The lowest BCUT2D eigenvalue weighted by Gasteiger charge is -2.23. The van der Waals surface area contributed by atoms with Gasteiger partial charge in [0.1, 0.15) is 5.82 Å². The molecule has 2 N–H and O–H groups in total. The largest absolute Gasteiger partial charge is 0.330 e. The van der Waals surface area contributed by atoms with Crippen LogP contribution < -0.4 is 5.73 Å². The third-order valence-corrected chi connectivity index (χ3v) is 3.84. The first kappa shape index (κ1) is 12.3. The molecule has 1 atom stereocenters. The second kappa shape index (κ2) is 5.49. The van der Waals surface area contributed by atoms with Crippen LogP contribution in [0.5, 0.6) is 0 Å². The summed E-state index contributed by atoms with van der Waals surface area (Å²) >= 11 is 0. The highest BCUT2D eigenvalue weighted by atomic mass is 14.9. The Bertz CT molecular complexity index is 565. The number of benzene rings is 1. The second-order valence-electron chi connectivity index (χ2n) is 5.15. The third-order valence-electron chi connectivity index (χ3n) is 3.84. The molecule has 0 aliphatic heterocycles. The highest BCUT2D eigenvalue weighted by Gasteiger charge is 2.21. The first-order valence-electron chi connectivity index (χ1n) is 6.95. The van der Waals surface area contributed by atoms with Crippen molar-refractivity contribution in [1.82, 2.24) is 9.97 Å². The molecule has 0 amide bonds. The van der Waals surface area contributed by atoms with E-state index in [2.05, 4.69) is 34.2 Å². The van der Waals surface area contributed by atoms with Crippen LogP contribution in [0.3, 0.4) is 0 Å². The number of nitrogens with zero attached hydrogens (tertiary/aromatic N) is 2. The summed E-state index contributed by atoms with van der Waals surface area (Å²) < 4.78 is 0. The Labute approximate surface area is 113 Å². The van der Waals surface area contributed by atoms with Crippen molar-refractivity contribution in [2.45, 2.75) is 31.6 Å². The highest BCUT2D eigenvalue weighted by Crippen LogP contribution is 2.30. The summed E-state index contributed by atoms with van der Waals surface area (Å²) in [5.41, 5.74) is 9.59. The smallest absolute Gasteiger partial charge is 0.131 e. The van der Waals surface area contributed by atoms with E-state index in [1.165, 1.54) is 11.1 Å². The zero-order valence-corrected chi connectivity index (χ0v) is 11.0. The fraction of sp³-hybridized carbons (Fsp3) is 0.375. The van der Waals surface area contributed by atoms with Gasteiger partial charge in [0.2, 0.25) is 0 Å². The zero-order chi connectivity index (χ0) is 13.1. The van der Waals surface area contributed by atoms with Crippen molar-refractivity contribution < 1.29 is 0 Å². The average molecular weight is 253 g/mol. The van der Waals surface area contributed by atoms with E-state index >= 15 is 0 Å². The van der Waals surface area contributed by atoms with E-state index in [0.29, 0.717) is 12.5 Å². The van der Waals surface area contributed by atoms with E-state index in [1.54, 1.807) is 0 Å². The molecule has 0 bridgehead atoms. The van der Waals surface area contributed by atoms with Crippen molar-refractivity contribution in [1.29, 1.82) is 0 Å². The van der Waals surface area contributed by atoms with Crippen molar-refractivity contribution in [2.75, 3.05) is 6.54 Å². The number of fused-ring (bicyclic) bond motifs is 1. The van der Waals surface area contributed by atoms with Crippen LogP contribution >= 0.6 is 0 Å². The Morgan fingerprint density at radius 3 is 2.84 bits per heavy atom. The summed E-state index contributed by atoms with van der Waals surface area (Å²) in [4.78, 5) is 9.13. The number of hydrogen-bond acceptors (Lipinski definition) is 3. The molecular weight excluding hydrogens is 234 g/mol. The summed E-state index contributed by atoms with van der Waals surface area (Å²) in [6.45, 7) is 0.643. The van der Waals surface area contributed by atoms with Crippen molar-refractivity contribution in [2.24, 2.45) is 5.73 Å². The fourth-order valence-electron chi connectivity index (χ4n) is 2.81. The Kier molecular flexibility index (Phi) is 3.56. The average Bonchev–Trinajstić information content (AvgIpc) is 2.47. The van der Waals surface area contributed by atoms with Crippen LogP contribution in [0.2, 0.25) is 0 Å². The lowest BCUT2D eigenvalue weighted by Crippen LogP contribution is -2.16. The summed E-state index contributed by atoms with van der Waals surface area (Å²) in [5.74, 6) is 1.44.